The zero-order chi connectivity index (χ0) is 32.7. The summed E-state index contributed by atoms with van der Waals surface area (Å²) in [6.07, 6.45) is -3.96. The van der Waals surface area contributed by atoms with Crippen molar-refractivity contribution in [3.63, 3.8) is 0 Å². The zero-order valence-corrected chi connectivity index (χ0v) is 25.5. The highest BCUT2D eigenvalue weighted by atomic mass is 35.5. The molecule has 1 unspecified atom stereocenters. The third kappa shape index (κ3) is 6.60. The van der Waals surface area contributed by atoms with Crippen molar-refractivity contribution < 1.29 is 45.0 Å². The maximum atomic E-state index is 14.5. The predicted molar refractivity (Wildman–Crippen MR) is 151 cm³/mol. The molecule has 0 spiro atoms. The molecule has 1 saturated heterocycles. The summed E-state index contributed by atoms with van der Waals surface area (Å²) in [4.78, 5) is 21.7. The van der Waals surface area contributed by atoms with Gasteiger partial charge in [0.1, 0.15) is 10.9 Å². The van der Waals surface area contributed by atoms with Crippen molar-refractivity contribution in [1.29, 1.82) is 0 Å². The van der Waals surface area contributed by atoms with Gasteiger partial charge in [0.2, 0.25) is 10.0 Å². The van der Waals surface area contributed by atoms with E-state index >= 15 is 0 Å². The van der Waals surface area contributed by atoms with Crippen molar-refractivity contribution in [2.75, 3.05) is 20.2 Å². The van der Waals surface area contributed by atoms with Crippen molar-refractivity contribution in [1.82, 2.24) is 24.4 Å². The summed E-state index contributed by atoms with van der Waals surface area (Å²) in [6.45, 7) is -1.09. The van der Waals surface area contributed by atoms with Crippen LogP contribution in [0.1, 0.15) is 29.5 Å². The Labute approximate surface area is 262 Å². The number of thiazole rings is 1. The first-order valence-corrected chi connectivity index (χ1v) is 15.9. The van der Waals surface area contributed by atoms with Gasteiger partial charge in [-0.1, -0.05) is 17.7 Å². The highest BCUT2D eigenvalue weighted by Crippen LogP contribution is 2.41. The number of carbonyl (C=O) groups excluding carboxylic acids is 1. The molecule has 2 aromatic heterocycles. The number of piperidine rings is 1. The molecular weight excluding hydrogens is 671 g/mol. The molecule has 2 N–H and O–H groups in total. The molecule has 3 aromatic rings. The predicted octanol–water partition coefficient (Wildman–Crippen LogP) is 3.81. The number of methoxy groups -OCH3 is 1. The fourth-order valence-corrected chi connectivity index (χ4v) is 7.31. The Hall–Kier alpha value is -3.45. The Kier molecular flexibility index (Phi) is 9.33. The van der Waals surface area contributed by atoms with Crippen molar-refractivity contribution in [2.45, 2.75) is 42.6 Å². The van der Waals surface area contributed by atoms with Gasteiger partial charge in [-0.3, -0.25) is 9.67 Å². The number of sulfonamides is 1. The number of carbonyl (C=O) groups is 1. The second-order valence-electron chi connectivity index (χ2n) is 10.1. The van der Waals surface area contributed by atoms with Gasteiger partial charge in [-0.05, 0) is 18.9 Å². The molecule has 0 saturated carbocycles. The van der Waals surface area contributed by atoms with E-state index in [4.69, 9.17) is 16.3 Å². The summed E-state index contributed by atoms with van der Waals surface area (Å²) in [5.74, 6) is -3.59. The number of hydrogen-bond acceptors (Lipinski definition) is 10. The number of allylic oxidation sites excluding steroid dienone is 1. The average Bonchev–Trinajstić information content (AvgIpc) is 3.72. The molecule has 45 heavy (non-hydrogen) atoms. The SMILES string of the molecule is COC(=O)C1=C(C2CCN(S(=O)(=O)c3cnn(CC(O)C(F)(F)F)c3)CC2)NC(c2nccs2)=N[C@@H]1c1ccc(F)c(F)c1Cl. The van der Waals surface area contributed by atoms with Crippen LogP contribution in [0.15, 0.2) is 57.3 Å². The summed E-state index contributed by atoms with van der Waals surface area (Å²) in [5.41, 5.74) is 0.284. The zero-order valence-electron chi connectivity index (χ0n) is 23.1. The standard InChI is InChI=1S/C26H24ClF5N6O5S2/c1-43-25(40)18-21(35-23(24-33-6-9-44-24)36-22(18)15-2-3-16(28)20(29)19(15)27)13-4-7-38(8-5-13)45(41,42)14-10-34-37(11-14)12-17(39)26(30,31)32/h2-3,6,9-11,13,17,22,39H,4-5,7-8,12H2,1H3,(H,35,36)/t17?,22-/m1/s1. The lowest BCUT2D eigenvalue weighted by atomic mass is 9.86. The topological polar surface area (TPSA) is 139 Å². The van der Waals surface area contributed by atoms with Crippen LogP contribution in [0.4, 0.5) is 22.0 Å². The van der Waals surface area contributed by atoms with E-state index in [1.807, 2.05) is 0 Å². The number of nitrogens with zero attached hydrogens (tertiary/aromatic N) is 5. The van der Waals surface area contributed by atoms with E-state index < -0.39 is 63.4 Å². The summed E-state index contributed by atoms with van der Waals surface area (Å²) in [5, 5.41) is 17.6. The Balaban J connectivity index is 1.44. The normalized spacial score (nSPS) is 19.3. The molecule has 242 valence electrons. The quantitative estimate of drug-likeness (QED) is 0.206. The van der Waals surface area contributed by atoms with Crippen molar-refractivity contribution in [3.8, 4) is 0 Å². The van der Waals surface area contributed by atoms with Crippen LogP contribution >= 0.6 is 22.9 Å². The van der Waals surface area contributed by atoms with E-state index in [1.54, 1.807) is 5.38 Å². The maximum absolute atomic E-state index is 14.5. The molecule has 0 radical (unpaired) electrons. The lowest BCUT2D eigenvalue weighted by Crippen LogP contribution is -2.43. The molecule has 1 fully saturated rings. The van der Waals surface area contributed by atoms with Gasteiger partial charge in [0.25, 0.3) is 0 Å². The Morgan fingerprint density at radius 2 is 1.98 bits per heavy atom. The fourth-order valence-electron chi connectivity index (χ4n) is 5.04. The van der Waals surface area contributed by atoms with E-state index in [2.05, 4.69) is 20.4 Å². The first-order valence-electron chi connectivity index (χ1n) is 13.2. The number of aromatic nitrogens is 3. The first-order chi connectivity index (χ1) is 21.2. The first kappa shape index (κ1) is 32.9. The molecule has 2 atom stereocenters. The number of aliphatic hydroxyl groups is 1. The number of rotatable bonds is 8. The molecule has 2 aliphatic heterocycles. The van der Waals surface area contributed by atoms with Crippen LogP contribution in [-0.4, -0.2) is 76.9 Å². The summed E-state index contributed by atoms with van der Waals surface area (Å²) >= 11 is 7.41. The second kappa shape index (κ2) is 12.7. The van der Waals surface area contributed by atoms with Gasteiger partial charge in [0.15, 0.2) is 28.6 Å². The van der Waals surface area contributed by atoms with E-state index in [9.17, 15) is 40.3 Å². The largest absolute Gasteiger partial charge is 0.466 e. The van der Waals surface area contributed by atoms with Crippen LogP contribution in [-0.2, 0) is 26.1 Å². The molecule has 4 heterocycles. The third-order valence-electron chi connectivity index (χ3n) is 7.32. The summed E-state index contributed by atoms with van der Waals surface area (Å²) in [6, 6.07) is 0.847. The number of ether oxygens (including phenoxy) is 1. The molecule has 0 amide bonds. The highest BCUT2D eigenvalue weighted by Gasteiger charge is 2.41. The highest BCUT2D eigenvalue weighted by molar-refractivity contribution is 7.89. The molecule has 2 aliphatic rings. The Bertz CT molecular complexity index is 1760. The minimum absolute atomic E-state index is 0.00306. The van der Waals surface area contributed by atoms with E-state index in [1.165, 1.54) is 23.6 Å². The molecular formula is C26H24ClF5N6O5S2. The van der Waals surface area contributed by atoms with E-state index in [0.29, 0.717) is 15.4 Å². The monoisotopic (exact) mass is 694 g/mol. The molecule has 11 nitrogen and oxygen atoms in total. The molecule has 1 aromatic carbocycles. The summed E-state index contributed by atoms with van der Waals surface area (Å²) in [7, 11) is -3.04. The second-order valence-corrected chi connectivity index (χ2v) is 13.3. The van der Waals surface area contributed by atoms with Gasteiger partial charge in [-0.2, -0.15) is 22.6 Å². The van der Waals surface area contributed by atoms with Gasteiger partial charge in [0, 0.05) is 48.0 Å². The number of amidine groups is 1. The summed E-state index contributed by atoms with van der Waals surface area (Å²) < 4.78 is 100. The molecule has 19 heteroatoms. The van der Waals surface area contributed by atoms with Crippen molar-refractivity contribution in [2.24, 2.45) is 10.9 Å². The lowest BCUT2D eigenvalue weighted by molar-refractivity contribution is -0.208. The van der Waals surface area contributed by atoms with Crippen LogP contribution in [0.3, 0.4) is 0 Å². The minimum atomic E-state index is -4.91. The van der Waals surface area contributed by atoms with Crippen LogP contribution in [0.5, 0.6) is 0 Å². The van der Waals surface area contributed by atoms with Crippen molar-refractivity contribution >= 4 is 44.8 Å². The van der Waals surface area contributed by atoms with Gasteiger partial charge in [-0.15, -0.1) is 11.3 Å². The third-order valence-corrected chi connectivity index (χ3v) is 10.3. The fraction of sp³-hybridized carbons (Fsp3) is 0.385. The van der Waals surface area contributed by atoms with Crippen LogP contribution in [0.2, 0.25) is 5.02 Å². The number of aliphatic imine (C=N–C) groups is 1. The van der Waals surface area contributed by atoms with Crippen LogP contribution < -0.4 is 5.32 Å². The average molecular weight is 695 g/mol. The minimum Gasteiger partial charge on any atom is -0.466 e. The number of nitrogens with one attached hydrogen (secondary N) is 1. The van der Waals surface area contributed by atoms with Crippen LogP contribution in [0, 0.1) is 17.6 Å². The number of benzene rings is 1. The van der Waals surface area contributed by atoms with E-state index in [0.717, 1.165) is 29.9 Å². The van der Waals surface area contributed by atoms with Crippen molar-refractivity contribution in [3.05, 3.63) is 74.6 Å². The lowest BCUT2D eigenvalue weighted by Gasteiger charge is -2.36. The van der Waals surface area contributed by atoms with Crippen LogP contribution in [0.25, 0.3) is 0 Å². The van der Waals surface area contributed by atoms with Gasteiger partial charge in [-0.25, -0.2) is 27.0 Å². The van der Waals surface area contributed by atoms with Gasteiger partial charge < -0.3 is 15.2 Å². The molecule has 5 rings (SSSR count). The Morgan fingerprint density at radius 3 is 2.60 bits per heavy atom. The molecule has 0 bridgehead atoms. The number of aliphatic hydroxyl groups excluding tert-OH is 1. The van der Waals surface area contributed by atoms with Gasteiger partial charge in [0.05, 0.1) is 30.4 Å². The maximum Gasteiger partial charge on any atom is 0.416 e. The molecule has 0 aliphatic carbocycles. The number of halogens is 6. The number of alkyl halides is 3. The van der Waals surface area contributed by atoms with E-state index in [-0.39, 0.29) is 47.8 Å². The number of hydrogen-bond donors (Lipinski definition) is 2. The smallest absolute Gasteiger partial charge is 0.416 e. The Morgan fingerprint density at radius 1 is 1.27 bits per heavy atom. The van der Waals surface area contributed by atoms with Gasteiger partial charge >= 0.3 is 12.1 Å². The number of esters is 1.